The standard InChI is InChI=1S/C40H85P.H3N/c1-5-9-13-17-21-22-23-24-25-26-27-28-32-36-40-41(37-33-29-18-14-10-6-2,38-34-30-19-15-11-7-3)39-35-31-20-16-12-8-4;/h41H,5-40H2,1-4H3;1H3. The average Bonchev–Trinajstić information content (AvgIpc) is 2.98. The van der Waals surface area contributed by atoms with E-state index in [0.717, 1.165) is 0 Å². The van der Waals surface area contributed by atoms with Gasteiger partial charge in [0.15, 0.2) is 0 Å². The van der Waals surface area contributed by atoms with Crippen molar-refractivity contribution < 1.29 is 0 Å². The minimum absolute atomic E-state index is 0. The maximum Gasteiger partial charge on any atom is -0.344 e. The van der Waals surface area contributed by atoms with Gasteiger partial charge in [-0.15, -0.1) is 0 Å². The first kappa shape index (κ1) is 44.5. The summed E-state index contributed by atoms with van der Waals surface area (Å²) in [4.78, 5) is 0. The summed E-state index contributed by atoms with van der Waals surface area (Å²) in [6.07, 6.45) is 54.4. The molecule has 0 rings (SSSR count). The molecule has 0 heterocycles. The topological polar surface area (TPSA) is 35.0 Å². The van der Waals surface area contributed by atoms with Gasteiger partial charge in [-0.25, -0.2) is 0 Å². The molecule has 0 bridgehead atoms. The first-order chi connectivity index (χ1) is 20.2. The summed E-state index contributed by atoms with van der Waals surface area (Å²) in [5.41, 5.74) is 0. The van der Waals surface area contributed by atoms with Crippen LogP contribution in [0.1, 0.15) is 233 Å². The molecule has 0 atom stereocenters. The van der Waals surface area contributed by atoms with Crippen LogP contribution in [-0.4, -0.2) is 24.6 Å². The fourth-order valence-corrected chi connectivity index (χ4v) is 12.8. The Labute approximate surface area is 270 Å². The second-order valence-electron chi connectivity index (χ2n) is 14.4. The Hall–Kier alpha value is 0.390. The van der Waals surface area contributed by atoms with Crippen LogP contribution in [0.4, 0.5) is 0 Å². The van der Waals surface area contributed by atoms with Crippen LogP contribution in [0.5, 0.6) is 0 Å². The van der Waals surface area contributed by atoms with Crippen LogP contribution in [0.15, 0.2) is 0 Å². The maximum absolute atomic E-state index is 2.36. The van der Waals surface area contributed by atoms with Crippen LogP contribution >= 0.6 is 7.26 Å². The second-order valence-corrected chi connectivity index (χ2v) is 19.4. The van der Waals surface area contributed by atoms with E-state index in [4.69, 9.17) is 0 Å². The molecule has 258 valence electrons. The molecule has 0 saturated carbocycles. The van der Waals surface area contributed by atoms with E-state index < -0.39 is 7.26 Å². The summed E-state index contributed by atoms with van der Waals surface area (Å²) >= 11 is 0. The van der Waals surface area contributed by atoms with Crippen LogP contribution in [0.25, 0.3) is 0 Å². The molecule has 1 nitrogen and oxygen atoms in total. The smallest absolute Gasteiger partial charge is 0.344 e. The van der Waals surface area contributed by atoms with Crippen LogP contribution < -0.4 is 6.15 Å². The molecule has 0 amide bonds. The molecule has 0 aromatic rings. The van der Waals surface area contributed by atoms with E-state index in [9.17, 15) is 0 Å². The fraction of sp³-hybridized carbons (Fsp3) is 1.00. The number of rotatable bonds is 36. The van der Waals surface area contributed by atoms with Gasteiger partial charge in [0.05, 0.1) is 0 Å². The molecule has 42 heavy (non-hydrogen) atoms. The van der Waals surface area contributed by atoms with Gasteiger partial charge in [0.2, 0.25) is 0 Å². The molecular formula is C40H88NP. The second kappa shape index (κ2) is 37.6. The minimum atomic E-state index is -1.10. The molecule has 0 unspecified atom stereocenters. The van der Waals surface area contributed by atoms with Gasteiger partial charge in [-0.2, -0.15) is 0 Å². The van der Waals surface area contributed by atoms with Crippen molar-refractivity contribution in [3.8, 4) is 0 Å². The zero-order chi connectivity index (χ0) is 30.0. The third kappa shape index (κ3) is 31.8. The van der Waals surface area contributed by atoms with Crippen molar-refractivity contribution in [2.24, 2.45) is 0 Å². The van der Waals surface area contributed by atoms with Crippen LogP contribution in [0, 0.1) is 0 Å². The molecule has 2 heteroatoms. The van der Waals surface area contributed by atoms with Crippen LogP contribution in [0.3, 0.4) is 0 Å². The van der Waals surface area contributed by atoms with Crippen LogP contribution in [0.2, 0.25) is 0 Å². The van der Waals surface area contributed by atoms with Crippen molar-refractivity contribution >= 4 is 7.26 Å². The van der Waals surface area contributed by atoms with Crippen molar-refractivity contribution in [3.05, 3.63) is 0 Å². The van der Waals surface area contributed by atoms with Gasteiger partial charge in [-0.3, -0.25) is 0 Å². The largest absolute Gasteiger partial charge is 0.344 e. The van der Waals surface area contributed by atoms with Gasteiger partial charge in [0.1, 0.15) is 0 Å². The van der Waals surface area contributed by atoms with Crippen molar-refractivity contribution in [3.63, 3.8) is 0 Å². The zero-order valence-corrected chi connectivity index (χ0v) is 31.7. The third-order valence-electron chi connectivity index (χ3n) is 10.2. The Kier molecular flexibility index (Phi) is 39.8. The predicted octanol–water partition coefficient (Wildman–Crippen LogP) is 15.5. The quantitative estimate of drug-likeness (QED) is 0.0553. The monoisotopic (exact) mass is 614 g/mol. The molecule has 0 aliphatic rings. The Morgan fingerprint density at radius 2 is 0.357 bits per heavy atom. The SMILES string of the molecule is CCCCCCCCCCCCCCCC[PH](CCCCCCCC)(CCCCCCCC)CCCCCCCC.N. The Morgan fingerprint density at radius 3 is 0.524 bits per heavy atom. The number of hydrogen-bond acceptors (Lipinski definition) is 1. The molecule has 0 aliphatic heterocycles. The van der Waals surface area contributed by atoms with Gasteiger partial charge < -0.3 is 6.15 Å². The van der Waals surface area contributed by atoms with Crippen molar-refractivity contribution in [2.45, 2.75) is 233 Å². The van der Waals surface area contributed by atoms with E-state index in [1.165, 1.54) is 180 Å². The van der Waals surface area contributed by atoms with Crippen molar-refractivity contribution in [2.75, 3.05) is 24.6 Å². The summed E-state index contributed by atoms with van der Waals surface area (Å²) in [6.45, 7) is 9.39. The van der Waals surface area contributed by atoms with Crippen molar-refractivity contribution in [1.29, 1.82) is 0 Å². The minimum Gasteiger partial charge on any atom is -0.344 e. The summed E-state index contributed by atoms with van der Waals surface area (Å²) in [5, 5.41) is 0. The Morgan fingerprint density at radius 1 is 0.214 bits per heavy atom. The molecule has 3 N–H and O–H groups in total. The third-order valence-corrected chi connectivity index (χ3v) is 15.9. The van der Waals surface area contributed by atoms with Gasteiger partial charge in [-0.05, 0) is 0 Å². The van der Waals surface area contributed by atoms with Crippen molar-refractivity contribution in [1.82, 2.24) is 6.15 Å². The molecule has 0 aromatic heterocycles. The van der Waals surface area contributed by atoms with E-state index in [2.05, 4.69) is 27.7 Å². The normalized spacial score (nSPS) is 12.1. The summed E-state index contributed by atoms with van der Waals surface area (Å²) in [6, 6.07) is 0. The van der Waals surface area contributed by atoms with Crippen LogP contribution in [-0.2, 0) is 0 Å². The molecule has 0 aliphatic carbocycles. The molecule has 0 saturated heterocycles. The maximum atomic E-state index is 2.36. The fourth-order valence-electron chi connectivity index (χ4n) is 7.29. The first-order valence-corrected chi connectivity index (χ1v) is 23.1. The van der Waals surface area contributed by atoms with E-state index >= 15 is 0 Å². The van der Waals surface area contributed by atoms with Gasteiger partial charge >= 0.3 is 239 Å². The Balaban J connectivity index is 0. The average molecular weight is 614 g/mol. The van der Waals surface area contributed by atoms with E-state index in [1.807, 2.05) is 0 Å². The van der Waals surface area contributed by atoms with E-state index in [0.29, 0.717) is 0 Å². The summed E-state index contributed by atoms with van der Waals surface area (Å²) in [5.74, 6) is 0. The number of unbranched alkanes of at least 4 members (excludes halogenated alkanes) is 28. The predicted molar refractivity (Wildman–Crippen MR) is 203 cm³/mol. The first-order valence-electron chi connectivity index (χ1n) is 20.2. The summed E-state index contributed by atoms with van der Waals surface area (Å²) < 4.78 is 0. The molecule has 0 fully saturated rings. The molecule has 0 aromatic carbocycles. The van der Waals surface area contributed by atoms with Gasteiger partial charge in [0.25, 0.3) is 0 Å². The van der Waals surface area contributed by atoms with Gasteiger partial charge in [0, 0.05) is 0 Å². The van der Waals surface area contributed by atoms with Gasteiger partial charge in [-0.1, -0.05) is 26.2 Å². The molecular weight excluding hydrogens is 525 g/mol. The van der Waals surface area contributed by atoms with E-state index in [1.54, 1.807) is 50.3 Å². The molecule has 0 spiro atoms. The number of hydrogen-bond donors (Lipinski definition) is 1. The summed E-state index contributed by atoms with van der Waals surface area (Å²) in [7, 11) is -1.10. The Bertz CT molecular complexity index is 424. The zero-order valence-electron chi connectivity index (χ0n) is 30.7. The molecule has 0 radical (unpaired) electrons. The van der Waals surface area contributed by atoms with E-state index in [-0.39, 0.29) is 6.15 Å².